The quantitative estimate of drug-likeness (QED) is 0.872. The summed E-state index contributed by atoms with van der Waals surface area (Å²) in [7, 11) is 2.14. The summed E-state index contributed by atoms with van der Waals surface area (Å²) >= 11 is 0. The van der Waals surface area contributed by atoms with Crippen LogP contribution in [0, 0.1) is 0 Å². The molecule has 8 heteroatoms. The van der Waals surface area contributed by atoms with Crippen LogP contribution in [0.25, 0.3) is 0 Å². The molecule has 0 radical (unpaired) electrons. The van der Waals surface area contributed by atoms with Crippen LogP contribution < -0.4 is 0 Å². The zero-order valence-electron chi connectivity index (χ0n) is 14.4. The topological polar surface area (TPSA) is 90.1 Å². The summed E-state index contributed by atoms with van der Waals surface area (Å²) in [5.74, 6) is 1.31. The number of nitrogens with one attached hydrogen (secondary N) is 2. The van der Waals surface area contributed by atoms with Crippen LogP contribution in [0.2, 0.25) is 0 Å². The minimum Gasteiger partial charge on any atom is -0.377 e. The van der Waals surface area contributed by atoms with Gasteiger partial charge in [-0.2, -0.15) is 5.10 Å². The summed E-state index contributed by atoms with van der Waals surface area (Å²) in [6.45, 7) is 3.72. The fraction of sp³-hybridized carbons (Fsp3) is 0.588. The van der Waals surface area contributed by atoms with Gasteiger partial charge in [0.25, 0.3) is 5.91 Å². The molecule has 1 amide bonds. The number of ether oxygens (including phenoxy) is 1. The summed E-state index contributed by atoms with van der Waals surface area (Å²) in [4.78, 5) is 24.9. The predicted molar refractivity (Wildman–Crippen MR) is 91.2 cm³/mol. The molecule has 25 heavy (non-hydrogen) atoms. The Morgan fingerprint density at radius 2 is 2.16 bits per heavy atom. The van der Waals surface area contributed by atoms with Crippen LogP contribution in [0.3, 0.4) is 0 Å². The lowest BCUT2D eigenvalue weighted by Crippen LogP contribution is -2.43. The third kappa shape index (κ3) is 3.32. The maximum Gasteiger partial charge on any atom is 0.272 e. The molecule has 134 valence electrons. The second kappa shape index (κ2) is 6.97. The van der Waals surface area contributed by atoms with Crippen LogP contribution >= 0.6 is 0 Å². The van der Waals surface area contributed by atoms with Crippen molar-refractivity contribution < 1.29 is 9.53 Å². The highest BCUT2D eigenvalue weighted by Gasteiger charge is 2.31. The van der Waals surface area contributed by atoms with E-state index in [0.717, 1.165) is 37.4 Å². The van der Waals surface area contributed by atoms with Gasteiger partial charge in [-0.25, -0.2) is 4.98 Å². The van der Waals surface area contributed by atoms with Crippen LogP contribution in [0.15, 0.2) is 18.5 Å². The largest absolute Gasteiger partial charge is 0.377 e. The standard InChI is InChI=1S/C17H24N6O2/c1-22-6-3-12(4-7-22)16-18-10-14(20-16)17(24)23-8-9-25-11-15(23)13-2-5-19-21-13/h2,5,10,12,15H,3-4,6-9,11H2,1H3,(H,18,20)(H,19,21). The molecule has 2 N–H and O–H groups in total. The van der Waals surface area contributed by atoms with Gasteiger partial charge in [-0.3, -0.25) is 9.89 Å². The number of hydrogen-bond acceptors (Lipinski definition) is 5. The highest BCUT2D eigenvalue weighted by molar-refractivity contribution is 5.92. The van der Waals surface area contributed by atoms with Crippen molar-refractivity contribution in [2.45, 2.75) is 24.8 Å². The van der Waals surface area contributed by atoms with E-state index in [0.29, 0.717) is 31.4 Å². The number of nitrogens with zero attached hydrogens (tertiary/aromatic N) is 4. The Labute approximate surface area is 146 Å². The van der Waals surface area contributed by atoms with Gasteiger partial charge in [-0.15, -0.1) is 0 Å². The van der Waals surface area contributed by atoms with Crippen molar-refractivity contribution >= 4 is 5.91 Å². The van der Waals surface area contributed by atoms with Gasteiger partial charge in [0, 0.05) is 18.7 Å². The Balaban J connectivity index is 1.50. The SMILES string of the molecule is CN1CCC(c2ncc(C(=O)N3CCOCC3c3ccn[nH]3)[nH]2)CC1. The van der Waals surface area contributed by atoms with Crippen LogP contribution in [0.5, 0.6) is 0 Å². The second-order valence-electron chi connectivity index (χ2n) is 6.86. The van der Waals surface area contributed by atoms with Crippen molar-refractivity contribution in [3.63, 3.8) is 0 Å². The lowest BCUT2D eigenvalue weighted by molar-refractivity contribution is -0.00420. The summed E-state index contributed by atoms with van der Waals surface area (Å²) in [5, 5.41) is 6.94. The maximum atomic E-state index is 13.0. The average molecular weight is 344 g/mol. The fourth-order valence-electron chi connectivity index (χ4n) is 3.65. The summed E-state index contributed by atoms with van der Waals surface area (Å²) < 4.78 is 5.56. The first kappa shape index (κ1) is 16.3. The van der Waals surface area contributed by atoms with E-state index in [1.807, 2.05) is 11.0 Å². The molecular weight excluding hydrogens is 320 g/mol. The minimum absolute atomic E-state index is 0.0328. The number of piperidine rings is 1. The number of aromatic nitrogens is 4. The van der Waals surface area contributed by atoms with Crippen molar-refractivity contribution in [2.75, 3.05) is 39.9 Å². The number of carbonyl (C=O) groups excluding carboxylic acids is 1. The van der Waals surface area contributed by atoms with Gasteiger partial charge in [-0.1, -0.05) is 0 Å². The number of amides is 1. The van der Waals surface area contributed by atoms with Crippen LogP contribution in [-0.2, 0) is 4.74 Å². The zero-order chi connectivity index (χ0) is 17.2. The smallest absolute Gasteiger partial charge is 0.272 e. The summed E-state index contributed by atoms with van der Waals surface area (Å²) in [6.07, 6.45) is 5.52. The van der Waals surface area contributed by atoms with Gasteiger partial charge >= 0.3 is 0 Å². The maximum absolute atomic E-state index is 13.0. The molecule has 2 aliphatic heterocycles. The molecule has 4 rings (SSSR count). The Kier molecular flexibility index (Phi) is 4.54. The minimum atomic E-state index is -0.140. The van der Waals surface area contributed by atoms with Crippen molar-refractivity contribution in [1.82, 2.24) is 30.0 Å². The number of hydrogen-bond donors (Lipinski definition) is 2. The molecule has 2 saturated heterocycles. The van der Waals surface area contributed by atoms with E-state index in [9.17, 15) is 4.79 Å². The molecule has 2 aromatic heterocycles. The van der Waals surface area contributed by atoms with Crippen LogP contribution in [0.4, 0.5) is 0 Å². The summed E-state index contributed by atoms with van der Waals surface area (Å²) in [5.41, 5.74) is 1.45. The number of rotatable bonds is 3. The first-order valence-corrected chi connectivity index (χ1v) is 8.84. The van der Waals surface area contributed by atoms with E-state index >= 15 is 0 Å². The Hall–Kier alpha value is -2.19. The third-order valence-electron chi connectivity index (χ3n) is 5.20. The van der Waals surface area contributed by atoms with E-state index in [1.54, 1.807) is 12.4 Å². The first-order chi connectivity index (χ1) is 12.2. The fourth-order valence-corrected chi connectivity index (χ4v) is 3.65. The van der Waals surface area contributed by atoms with Gasteiger partial charge in [0.1, 0.15) is 11.5 Å². The summed E-state index contributed by atoms with van der Waals surface area (Å²) in [6, 6.07) is 1.75. The monoisotopic (exact) mass is 344 g/mol. The number of morpholine rings is 1. The third-order valence-corrected chi connectivity index (χ3v) is 5.20. The highest BCUT2D eigenvalue weighted by Crippen LogP contribution is 2.27. The average Bonchev–Trinajstić information content (AvgIpc) is 3.34. The van der Waals surface area contributed by atoms with Gasteiger partial charge in [0.2, 0.25) is 0 Å². The number of H-pyrrole nitrogens is 2. The molecule has 0 saturated carbocycles. The Morgan fingerprint density at radius 3 is 2.92 bits per heavy atom. The van der Waals surface area contributed by atoms with Crippen molar-refractivity contribution in [3.05, 3.63) is 35.7 Å². The molecule has 2 aliphatic rings. The molecule has 1 unspecified atom stereocenters. The molecule has 2 aromatic rings. The molecule has 2 fully saturated rings. The first-order valence-electron chi connectivity index (χ1n) is 8.84. The van der Waals surface area contributed by atoms with E-state index < -0.39 is 0 Å². The van der Waals surface area contributed by atoms with Gasteiger partial charge in [0.15, 0.2) is 0 Å². The second-order valence-corrected chi connectivity index (χ2v) is 6.86. The molecule has 0 spiro atoms. The Morgan fingerprint density at radius 1 is 1.32 bits per heavy atom. The lowest BCUT2D eigenvalue weighted by Gasteiger charge is -2.34. The normalized spacial score (nSPS) is 23.1. The van der Waals surface area contributed by atoms with Crippen molar-refractivity contribution in [1.29, 1.82) is 0 Å². The number of aromatic amines is 2. The molecule has 0 aromatic carbocycles. The molecule has 1 atom stereocenters. The van der Waals surface area contributed by atoms with Gasteiger partial charge < -0.3 is 19.5 Å². The molecule has 8 nitrogen and oxygen atoms in total. The molecular formula is C17H24N6O2. The van der Waals surface area contributed by atoms with Crippen LogP contribution in [-0.4, -0.2) is 75.8 Å². The van der Waals surface area contributed by atoms with Gasteiger partial charge in [-0.05, 0) is 39.0 Å². The Bertz CT molecular complexity index is 705. The molecule has 4 heterocycles. The number of imidazole rings is 1. The number of carbonyl (C=O) groups is 1. The zero-order valence-corrected chi connectivity index (χ0v) is 14.4. The molecule has 0 aliphatic carbocycles. The number of likely N-dealkylation sites (tertiary alicyclic amines) is 1. The van der Waals surface area contributed by atoms with E-state index in [-0.39, 0.29) is 11.9 Å². The van der Waals surface area contributed by atoms with Crippen molar-refractivity contribution in [3.8, 4) is 0 Å². The lowest BCUT2D eigenvalue weighted by atomic mass is 9.97. The van der Waals surface area contributed by atoms with Crippen molar-refractivity contribution in [2.24, 2.45) is 0 Å². The van der Waals surface area contributed by atoms with Crippen LogP contribution in [0.1, 0.15) is 46.8 Å². The van der Waals surface area contributed by atoms with Gasteiger partial charge in [0.05, 0.1) is 31.1 Å². The van der Waals surface area contributed by atoms with E-state index in [4.69, 9.17) is 4.74 Å². The predicted octanol–water partition coefficient (Wildman–Crippen LogP) is 1.16. The highest BCUT2D eigenvalue weighted by atomic mass is 16.5. The molecule has 0 bridgehead atoms. The van der Waals surface area contributed by atoms with E-state index in [2.05, 4.69) is 32.1 Å². The van der Waals surface area contributed by atoms with E-state index in [1.165, 1.54) is 0 Å².